The monoisotopic (exact) mass is 268 g/mol. The van der Waals surface area contributed by atoms with E-state index >= 15 is 0 Å². The Balaban J connectivity index is 2.89. The van der Waals surface area contributed by atoms with E-state index in [0.717, 1.165) is 25.9 Å². The van der Waals surface area contributed by atoms with Gasteiger partial charge >= 0.3 is 0 Å². The van der Waals surface area contributed by atoms with E-state index in [4.69, 9.17) is 0 Å². The van der Waals surface area contributed by atoms with Crippen molar-refractivity contribution < 1.29 is 9.59 Å². The maximum atomic E-state index is 12.4. The summed E-state index contributed by atoms with van der Waals surface area (Å²) in [6.07, 6.45) is 2.69. The van der Waals surface area contributed by atoms with Gasteiger partial charge in [-0.1, -0.05) is 27.7 Å². The first-order chi connectivity index (χ1) is 8.94. The van der Waals surface area contributed by atoms with Crippen LogP contribution in [0.4, 0.5) is 0 Å². The lowest BCUT2D eigenvalue weighted by Gasteiger charge is -2.43. The Bertz CT molecular complexity index is 313. The highest BCUT2D eigenvalue weighted by molar-refractivity contribution is 5.98. The highest BCUT2D eigenvalue weighted by Crippen LogP contribution is 2.39. The Hall–Kier alpha value is -0.900. The van der Waals surface area contributed by atoms with Gasteiger partial charge in [-0.15, -0.1) is 0 Å². The van der Waals surface area contributed by atoms with E-state index in [2.05, 4.69) is 32.6 Å². The summed E-state index contributed by atoms with van der Waals surface area (Å²) in [7, 11) is 0. The number of likely N-dealkylation sites (tertiary alicyclic amines) is 1. The standard InChI is InChI=1S/C15H28N2O2/c1-6-15(7-2)10-13(18)17(14(19)11-15)12(5)16(8-3)9-4/h12H,6-11H2,1-5H3. The first-order valence-corrected chi connectivity index (χ1v) is 7.53. The number of imide groups is 1. The van der Waals surface area contributed by atoms with Gasteiger partial charge in [-0.25, -0.2) is 0 Å². The second-order valence-corrected chi connectivity index (χ2v) is 5.57. The van der Waals surface area contributed by atoms with Gasteiger partial charge in [0, 0.05) is 12.8 Å². The third-order valence-corrected chi connectivity index (χ3v) is 4.80. The Kier molecular flexibility index (Phi) is 5.53. The molecule has 2 amide bonds. The van der Waals surface area contributed by atoms with Gasteiger partial charge < -0.3 is 0 Å². The maximum absolute atomic E-state index is 12.4. The molecule has 4 heteroatoms. The summed E-state index contributed by atoms with van der Waals surface area (Å²) < 4.78 is 0. The SMILES string of the molecule is CCN(CC)C(C)N1C(=O)CC(CC)(CC)CC1=O. The Labute approximate surface area is 117 Å². The van der Waals surface area contributed by atoms with Gasteiger partial charge in [0.1, 0.15) is 0 Å². The first-order valence-electron chi connectivity index (χ1n) is 7.53. The predicted molar refractivity (Wildman–Crippen MR) is 76.5 cm³/mol. The minimum absolute atomic E-state index is 0.000602. The molecule has 1 aliphatic rings. The zero-order valence-corrected chi connectivity index (χ0v) is 13.0. The molecular weight excluding hydrogens is 240 g/mol. The molecule has 1 heterocycles. The quantitative estimate of drug-likeness (QED) is 0.695. The minimum Gasteiger partial charge on any atom is -0.284 e. The van der Waals surface area contributed by atoms with Crippen molar-refractivity contribution in [3.63, 3.8) is 0 Å². The second kappa shape index (κ2) is 6.51. The number of carbonyl (C=O) groups excluding carboxylic acids is 2. The molecule has 1 atom stereocenters. The molecule has 0 bridgehead atoms. The summed E-state index contributed by atoms with van der Waals surface area (Å²) in [6.45, 7) is 11.9. The Morgan fingerprint density at radius 2 is 1.47 bits per heavy atom. The number of nitrogens with zero attached hydrogens (tertiary/aromatic N) is 2. The summed E-state index contributed by atoms with van der Waals surface area (Å²) in [5.74, 6) is -0.00120. The summed E-state index contributed by atoms with van der Waals surface area (Å²) in [5.41, 5.74) is -0.104. The first kappa shape index (κ1) is 16.2. The number of rotatable bonds is 6. The predicted octanol–water partition coefficient (Wildman–Crippen LogP) is 2.63. The molecule has 1 unspecified atom stereocenters. The smallest absolute Gasteiger partial charge is 0.231 e. The van der Waals surface area contributed by atoms with Crippen LogP contribution in [0.3, 0.4) is 0 Å². The fourth-order valence-electron chi connectivity index (χ4n) is 3.10. The summed E-state index contributed by atoms with van der Waals surface area (Å²) in [5, 5.41) is 0. The third kappa shape index (κ3) is 3.16. The molecule has 19 heavy (non-hydrogen) atoms. The van der Waals surface area contributed by atoms with Crippen LogP contribution in [0.1, 0.15) is 60.3 Å². The van der Waals surface area contributed by atoms with E-state index in [-0.39, 0.29) is 23.4 Å². The van der Waals surface area contributed by atoms with E-state index < -0.39 is 0 Å². The summed E-state index contributed by atoms with van der Waals surface area (Å²) in [6, 6.07) is 0. The molecule has 1 rings (SSSR count). The highest BCUT2D eigenvalue weighted by atomic mass is 16.2. The Morgan fingerprint density at radius 3 is 1.79 bits per heavy atom. The zero-order valence-electron chi connectivity index (χ0n) is 13.0. The van der Waals surface area contributed by atoms with Crippen LogP contribution in [-0.4, -0.2) is 40.9 Å². The minimum atomic E-state index is -0.123. The van der Waals surface area contributed by atoms with Crippen molar-refractivity contribution in [2.45, 2.75) is 66.5 Å². The van der Waals surface area contributed by atoms with Crippen molar-refractivity contribution in [1.82, 2.24) is 9.80 Å². The van der Waals surface area contributed by atoms with Crippen molar-refractivity contribution in [2.75, 3.05) is 13.1 Å². The van der Waals surface area contributed by atoms with Crippen LogP contribution in [0, 0.1) is 5.41 Å². The van der Waals surface area contributed by atoms with Crippen molar-refractivity contribution in [2.24, 2.45) is 5.41 Å². The van der Waals surface area contributed by atoms with Crippen LogP contribution in [0.15, 0.2) is 0 Å². The van der Waals surface area contributed by atoms with Crippen LogP contribution in [-0.2, 0) is 9.59 Å². The van der Waals surface area contributed by atoms with Gasteiger partial charge in [0.15, 0.2) is 0 Å². The normalized spacial score (nSPS) is 21.1. The van der Waals surface area contributed by atoms with E-state index in [1.165, 1.54) is 4.90 Å². The fraction of sp³-hybridized carbons (Fsp3) is 0.867. The lowest BCUT2D eigenvalue weighted by atomic mass is 9.73. The third-order valence-electron chi connectivity index (χ3n) is 4.80. The fourth-order valence-corrected chi connectivity index (χ4v) is 3.10. The number of carbonyl (C=O) groups is 2. The van der Waals surface area contributed by atoms with E-state index in [0.29, 0.717) is 12.8 Å². The van der Waals surface area contributed by atoms with Crippen LogP contribution in [0.25, 0.3) is 0 Å². The molecule has 4 nitrogen and oxygen atoms in total. The molecule has 1 fully saturated rings. The topological polar surface area (TPSA) is 40.6 Å². The summed E-state index contributed by atoms with van der Waals surface area (Å²) >= 11 is 0. The maximum Gasteiger partial charge on any atom is 0.231 e. The average molecular weight is 268 g/mol. The van der Waals surface area contributed by atoms with E-state index in [9.17, 15) is 9.59 Å². The van der Waals surface area contributed by atoms with Crippen LogP contribution in [0.2, 0.25) is 0 Å². The van der Waals surface area contributed by atoms with Gasteiger partial charge in [-0.3, -0.25) is 19.4 Å². The van der Waals surface area contributed by atoms with Crippen molar-refractivity contribution in [3.8, 4) is 0 Å². The molecule has 0 aliphatic carbocycles. The lowest BCUT2D eigenvalue weighted by Crippen LogP contribution is -2.56. The van der Waals surface area contributed by atoms with E-state index in [1.807, 2.05) is 6.92 Å². The molecule has 110 valence electrons. The molecule has 0 aromatic rings. The number of hydrogen-bond acceptors (Lipinski definition) is 3. The second-order valence-electron chi connectivity index (χ2n) is 5.57. The number of piperidine rings is 1. The van der Waals surface area contributed by atoms with Crippen LogP contribution < -0.4 is 0 Å². The lowest BCUT2D eigenvalue weighted by molar-refractivity contribution is -0.161. The molecule has 0 N–H and O–H groups in total. The van der Waals surface area contributed by atoms with Gasteiger partial charge in [-0.2, -0.15) is 0 Å². The summed E-state index contributed by atoms with van der Waals surface area (Å²) in [4.78, 5) is 28.4. The zero-order chi connectivity index (χ0) is 14.6. The van der Waals surface area contributed by atoms with Crippen molar-refractivity contribution in [1.29, 1.82) is 0 Å². The molecule has 0 spiro atoms. The number of hydrogen-bond donors (Lipinski definition) is 0. The molecule has 1 saturated heterocycles. The van der Waals surface area contributed by atoms with Gasteiger partial charge in [-0.05, 0) is 38.3 Å². The molecule has 0 saturated carbocycles. The van der Waals surface area contributed by atoms with Gasteiger partial charge in [0.2, 0.25) is 11.8 Å². The van der Waals surface area contributed by atoms with Crippen molar-refractivity contribution in [3.05, 3.63) is 0 Å². The largest absolute Gasteiger partial charge is 0.284 e. The average Bonchev–Trinajstić information content (AvgIpc) is 2.39. The molecule has 0 aromatic carbocycles. The van der Waals surface area contributed by atoms with E-state index in [1.54, 1.807) is 0 Å². The van der Waals surface area contributed by atoms with Gasteiger partial charge in [0.05, 0.1) is 6.17 Å². The number of amides is 2. The van der Waals surface area contributed by atoms with Crippen LogP contribution in [0.5, 0.6) is 0 Å². The van der Waals surface area contributed by atoms with Crippen LogP contribution >= 0.6 is 0 Å². The molecule has 0 aromatic heterocycles. The Morgan fingerprint density at radius 1 is 1.05 bits per heavy atom. The molecule has 1 aliphatic heterocycles. The highest BCUT2D eigenvalue weighted by Gasteiger charge is 2.43. The van der Waals surface area contributed by atoms with Crippen molar-refractivity contribution >= 4 is 11.8 Å². The van der Waals surface area contributed by atoms with Gasteiger partial charge in [0.25, 0.3) is 0 Å². The molecule has 0 radical (unpaired) electrons. The molecular formula is C15H28N2O2.